The molecular weight excluding hydrogens is 270 g/mol. The van der Waals surface area contributed by atoms with Gasteiger partial charge in [-0.15, -0.1) is 0 Å². The van der Waals surface area contributed by atoms with Gasteiger partial charge in [-0.1, -0.05) is 0 Å². The minimum atomic E-state index is -0.454. The van der Waals surface area contributed by atoms with Crippen LogP contribution >= 0.6 is 0 Å². The van der Waals surface area contributed by atoms with Crippen molar-refractivity contribution in [3.05, 3.63) is 0 Å². The molecule has 2 saturated carbocycles. The van der Waals surface area contributed by atoms with Crippen molar-refractivity contribution in [2.24, 2.45) is 11.8 Å². The minimum absolute atomic E-state index is 0.0284. The van der Waals surface area contributed by atoms with Crippen molar-refractivity contribution in [1.82, 2.24) is 15.1 Å². The van der Waals surface area contributed by atoms with Gasteiger partial charge in [-0.3, -0.25) is 0 Å². The fourth-order valence-electron chi connectivity index (χ4n) is 3.09. The number of hydrogen-bond donors (Lipinski definition) is 1. The highest BCUT2D eigenvalue weighted by Gasteiger charge is 2.58. The van der Waals surface area contributed by atoms with Gasteiger partial charge >= 0.3 is 12.1 Å². The molecule has 0 aromatic heterocycles. The number of piperidine rings is 1. The number of amides is 3. The van der Waals surface area contributed by atoms with E-state index < -0.39 is 5.60 Å². The van der Waals surface area contributed by atoms with Crippen molar-refractivity contribution >= 4 is 12.1 Å². The maximum absolute atomic E-state index is 12.0. The number of carbonyl (C=O) groups excluding carboxylic acids is 2. The van der Waals surface area contributed by atoms with Crippen molar-refractivity contribution in [2.45, 2.75) is 51.3 Å². The van der Waals surface area contributed by atoms with E-state index in [0.29, 0.717) is 31.0 Å². The molecule has 0 radical (unpaired) electrons. The Hall–Kier alpha value is -1.46. The molecule has 0 aromatic carbocycles. The van der Waals surface area contributed by atoms with Crippen LogP contribution in [0.5, 0.6) is 0 Å². The summed E-state index contributed by atoms with van der Waals surface area (Å²) in [5, 5.41) is 3.09. The fraction of sp³-hybridized carbons (Fsp3) is 0.867. The monoisotopic (exact) mass is 295 g/mol. The number of ether oxygens (including phenoxy) is 1. The molecule has 3 rings (SSSR count). The molecule has 1 saturated heterocycles. The van der Waals surface area contributed by atoms with Crippen LogP contribution < -0.4 is 5.32 Å². The van der Waals surface area contributed by atoms with Gasteiger partial charge < -0.3 is 19.9 Å². The third kappa shape index (κ3) is 3.09. The van der Waals surface area contributed by atoms with E-state index in [1.54, 1.807) is 9.80 Å². The van der Waals surface area contributed by atoms with Crippen molar-refractivity contribution in [2.75, 3.05) is 20.1 Å². The topological polar surface area (TPSA) is 61.9 Å². The van der Waals surface area contributed by atoms with Crippen LogP contribution in [0.3, 0.4) is 0 Å². The number of likely N-dealkylation sites (tertiary alicyclic amines) is 1. The molecule has 3 amide bonds. The normalized spacial score (nSPS) is 30.7. The van der Waals surface area contributed by atoms with Gasteiger partial charge in [-0.05, 0) is 33.6 Å². The summed E-state index contributed by atoms with van der Waals surface area (Å²) < 4.78 is 5.38. The van der Waals surface area contributed by atoms with Crippen LogP contribution in [0.15, 0.2) is 0 Å². The number of nitrogens with one attached hydrogen (secondary N) is 1. The molecule has 0 unspecified atom stereocenters. The SMILES string of the molecule is CN(C(=O)NC1[C@H]2CN(C(=O)OC(C)(C)C)C[C@H]12)C1CC1. The molecule has 1 aliphatic heterocycles. The van der Waals surface area contributed by atoms with Crippen LogP contribution in [-0.2, 0) is 4.74 Å². The van der Waals surface area contributed by atoms with Crippen molar-refractivity contribution < 1.29 is 14.3 Å². The lowest BCUT2D eigenvalue weighted by Gasteiger charge is -2.26. The summed E-state index contributed by atoms with van der Waals surface area (Å²) in [5.74, 6) is 0.795. The number of carbonyl (C=O) groups is 2. The number of hydrogen-bond acceptors (Lipinski definition) is 3. The molecule has 1 N–H and O–H groups in total. The first-order chi connectivity index (χ1) is 9.76. The average Bonchev–Trinajstić information content (AvgIpc) is 3.26. The summed E-state index contributed by atoms with van der Waals surface area (Å²) in [7, 11) is 1.86. The predicted molar refractivity (Wildman–Crippen MR) is 77.9 cm³/mol. The third-order valence-electron chi connectivity index (χ3n) is 4.55. The molecule has 2 aliphatic carbocycles. The lowest BCUT2D eigenvalue weighted by Crippen LogP contribution is -2.44. The van der Waals surface area contributed by atoms with E-state index in [4.69, 9.17) is 4.74 Å². The molecular formula is C15H25N3O3. The smallest absolute Gasteiger partial charge is 0.410 e. The van der Waals surface area contributed by atoms with E-state index in [-0.39, 0.29) is 18.2 Å². The van der Waals surface area contributed by atoms with Crippen LogP contribution in [-0.4, -0.2) is 59.7 Å². The summed E-state index contributed by atoms with van der Waals surface area (Å²) >= 11 is 0. The van der Waals surface area contributed by atoms with Gasteiger partial charge in [0, 0.05) is 44.1 Å². The molecule has 6 nitrogen and oxygen atoms in total. The summed E-state index contributed by atoms with van der Waals surface area (Å²) in [5.41, 5.74) is -0.454. The first kappa shape index (κ1) is 14.5. The van der Waals surface area contributed by atoms with Gasteiger partial charge in [-0.2, -0.15) is 0 Å². The minimum Gasteiger partial charge on any atom is -0.444 e. The number of nitrogens with zero attached hydrogens (tertiary/aromatic N) is 2. The highest BCUT2D eigenvalue weighted by molar-refractivity contribution is 5.76. The Morgan fingerprint density at radius 1 is 1.19 bits per heavy atom. The Labute approximate surface area is 125 Å². The maximum atomic E-state index is 12.0. The van der Waals surface area contributed by atoms with Gasteiger partial charge in [0.1, 0.15) is 5.60 Å². The molecule has 0 spiro atoms. The molecule has 118 valence electrons. The molecule has 2 atom stereocenters. The van der Waals surface area contributed by atoms with Crippen LogP contribution in [0.1, 0.15) is 33.6 Å². The molecule has 0 aromatic rings. The maximum Gasteiger partial charge on any atom is 0.410 e. The van der Waals surface area contributed by atoms with Crippen molar-refractivity contribution in [1.29, 1.82) is 0 Å². The molecule has 3 aliphatic rings. The summed E-state index contributed by atoms with van der Waals surface area (Å²) in [6.07, 6.45) is 2.00. The zero-order valence-corrected chi connectivity index (χ0v) is 13.3. The van der Waals surface area contributed by atoms with Crippen molar-refractivity contribution in [3.63, 3.8) is 0 Å². The van der Waals surface area contributed by atoms with E-state index in [9.17, 15) is 9.59 Å². The van der Waals surface area contributed by atoms with E-state index in [0.717, 1.165) is 12.8 Å². The number of rotatable bonds is 2. The fourth-order valence-corrected chi connectivity index (χ4v) is 3.09. The van der Waals surface area contributed by atoms with E-state index in [1.807, 2.05) is 27.8 Å². The Morgan fingerprint density at radius 2 is 1.76 bits per heavy atom. The standard InChI is InChI=1S/C15H25N3O3/c1-15(2,3)21-14(20)18-7-10-11(8-18)12(10)16-13(19)17(4)9-5-6-9/h9-12H,5-8H2,1-4H3,(H,16,19)/t10-,11-/m0/s1. The van der Waals surface area contributed by atoms with Crippen LogP contribution in [0, 0.1) is 11.8 Å². The summed E-state index contributed by atoms with van der Waals surface area (Å²) in [4.78, 5) is 27.6. The average molecular weight is 295 g/mol. The Morgan fingerprint density at radius 3 is 2.24 bits per heavy atom. The van der Waals surface area contributed by atoms with Crippen LogP contribution in [0.2, 0.25) is 0 Å². The highest BCUT2D eigenvalue weighted by atomic mass is 16.6. The molecule has 6 heteroatoms. The van der Waals surface area contributed by atoms with Gasteiger partial charge in [0.25, 0.3) is 0 Å². The lowest BCUT2D eigenvalue weighted by atomic mass is 10.2. The molecule has 1 heterocycles. The predicted octanol–water partition coefficient (Wildman–Crippen LogP) is 1.66. The zero-order valence-electron chi connectivity index (χ0n) is 13.3. The summed E-state index contributed by atoms with van der Waals surface area (Å²) in [6.45, 7) is 7.00. The highest BCUT2D eigenvalue weighted by Crippen LogP contribution is 2.46. The van der Waals surface area contributed by atoms with Crippen molar-refractivity contribution in [3.8, 4) is 0 Å². The zero-order chi connectivity index (χ0) is 15.4. The lowest BCUT2D eigenvalue weighted by molar-refractivity contribution is 0.0270. The van der Waals surface area contributed by atoms with Gasteiger partial charge in [-0.25, -0.2) is 9.59 Å². The van der Waals surface area contributed by atoms with Crippen LogP contribution in [0.25, 0.3) is 0 Å². The second-order valence-electron chi connectivity index (χ2n) is 7.53. The Kier molecular flexibility index (Phi) is 3.30. The molecule has 3 fully saturated rings. The van der Waals surface area contributed by atoms with E-state index >= 15 is 0 Å². The summed E-state index contributed by atoms with van der Waals surface area (Å²) in [6, 6.07) is 0.694. The van der Waals surface area contributed by atoms with Gasteiger partial charge in [0.2, 0.25) is 0 Å². The quantitative estimate of drug-likeness (QED) is 0.842. The first-order valence-corrected chi connectivity index (χ1v) is 7.77. The number of urea groups is 1. The van der Waals surface area contributed by atoms with E-state index in [1.165, 1.54) is 0 Å². The largest absolute Gasteiger partial charge is 0.444 e. The first-order valence-electron chi connectivity index (χ1n) is 7.77. The Bertz CT molecular complexity index is 444. The molecule has 21 heavy (non-hydrogen) atoms. The number of fused-ring (bicyclic) bond motifs is 1. The van der Waals surface area contributed by atoms with Gasteiger partial charge in [0.05, 0.1) is 0 Å². The second kappa shape index (κ2) is 4.78. The third-order valence-corrected chi connectivity index (χ3v) is 4.55. The molecule has 0 bridgehead atoms. The second-order valence-corrected chi connectivity index (χ2v) is 7.53. The van der Waals surface area contributed by atoms with Crippen LogP contribution in [0.4, 0.5) is 9.59 Å². The van der Waals surface area contributed by atoms with E-state index in [2.05, 4.69) is 5.32 Å². The Balaban J connectivity index is 1.43. The van der Waals surface area contributed by atoms with Gasteiger partial charge in [0.15, 0.2) is 0 Å².